The van der Waals surface area contributed by atoms with Gasteiger partial charge in [0.15, 0.2) is 5.15 Å². The fraction of sp³-hybridized carbons (Fsp3) is 0.389. The maximum absolute atomic E-state index is 12.7. The number of aromatic carboxylic acids is 1. The SMILES string of the molecule is O=C(O)c1cn(C(=O)N2CC3CN(Cc4cc(Cl)ccc4Cl)CC3C2)nc1Cl. The van der Waals surface area contributed by atoms with Gasteiger partial charge in [-0.1, -0.05) is 34.8 Å². The molecular formula is C18H17Cl3N4O3. The molecule has 2 aliphatic rings. The molecule has 0 bridgehead atoms. The molecule has 0 aliphatic carbocycles. The van der Waals surface area contributed by atoms with E-state index in [0.717, 1.165) is 36.1 Å². The van der Waals surface area contributed by atoms with Gasteiger partial charge in [0.1, 0.15) is 5.56 Å². The highest BCUT2D eigenvalue weighted by atomic mass is 35.5. The van der Waals surface area contributed by atoms with Crippen LogP contribution >= 0.6 is 34.8 Å². The molecule has 0 spiro atoms. The predicted molar refractivity (Wildman–Crippen MR) is 105 cm³/mol. The smallest absolute Gasteiger partial charge is 0.344 e. The van der Waals surface area contributed by atoms with Crippen molar-refractivity contribution in [3.05, 3.63) is 50.7 Å². The topological polar surface area (TPSA) is 78.7 Å². The zero-order valence-electron chi connectivity index (χ0n) is 14.7. The van der Waals surface area contributed by atoms with Crippen molar-refractivity contribution in [1.82, 2.24) is 19.6 Å². The summed E-state index contributed by atoms with van der Waals surface area (Å²) >= 11 is 18.1. The minimum absolute atomic E-state index is 0.181. The van der Waals surface area contributed by atoms with Crippen molar-refractivity contribution in [2.45, 2.75) is 6.54 Å². The van der Waals surface area contributed by atoms with Crippen LogP contribution in [-0.2, 0) is 6.54 Å². The van der Waals surface area contributed by atoms with E-state index >= 15 is 0 Å². The molecule has 28 heavy (non-hydrogen) atoms. The van der Waals surface area contributed by atoms with Crippen molar-refractivity contribution in [2.24, 2.45) is 11.8 Å². The van der Waals surface area contributed by atoms with Crippen LogP contribution in [0.5, 0.6) is 0 Å². The Morgan fingerprint density at radius 3 is 2.39 bits per heavy atom. The number of likely N-dealkylation sites (tertiary alicyclic amines) is 2. The Labute approximate surface area is 176 Å². The lowest BCUT2D eigenvalue weighted by Crippen LogP contribution is -2.36. The Bertz CT molecular complexity index is 934. The van der Waals surface area contributed by atoms with Gasteiger partial charge in [-0.15, -0.1) is 0 Å². The van der Waals surface area contributed by atoms with Gasteiger partial charge in [0.2, 0.25) is 0 Å². The van der Waals surface area contributed by atoms with E-state index in [1.807, 2.05) is 6.07 Å². The van der Waals surface area contributed by atoms with Crippen molar-refractivity contribution >= 4 is 46.8 Å². The summed E-state index contributed by atoms with van der Waals surface area (Å²) in [5, 5.41) is 14.1. The lowest BCUT2D eigenvalue weighted by Gasteiger charge is -2.21. The van der Waals surface area contributed by atoms with E-state index in [-0.39, 0.29) is 16.7 Å². The van der Waals surface area contributed by atoms with Crippen LogP contribution in [0, 0.1) is 11.8 Å². The number of carbonyl (C=O) groups excluding carboxylic acids is 1. The largest absolute Gasteiger partial charge is 0.478 e. The quantitative estimate of drug-likeness (QED) is 0.784. The third-order valence-corrected chi connectivity index (χ3v) is 6.21. The van der Waals surface area contributed by atoms with E-state index in [4.69, 9.17) is 39.9 Å². The number of nitrogens with zero attached hydrogens (tertiary/aromatic N) is 4. The Morgan fingerprint density at radius 1 is 1.11 bits per heavy atom. The van der Waals surface area contributed by atoms with Gasteiger partial charge in [-0.05, 0) is 35.6 Å². The summed E-state index contributed by atoms with van der Waals surface area (Å²) in [5.41, 5.74) is 0.813. The zero-order chi connectivity index (χ0) is 20.0. The summed E-state index contributed by atoms with van der Waals surface area (Å²) in [7, 11) is 0. The monoisotopic (exact) mass is 442 g/mol. The van der Waals surface area contributed by atoms with Crippen LogP contribution in [0.25, 0.3) is 0 Å². The lowest BCUT2D eigenvalue weighted by atomic mass is 10.0. The minimum Gasteiger partial charge on any atom is -0.478 e. The number of amides is 1. The maximum atomic E-state index is 12.7. The van der Waals surface area contributed by atoms with Gasteiger partial charge < -0.3 is 10.0 Å². The Morgan fingerprint density at radius 2 is 1.79 bits per heavy atom. The van der Waals surface area contributed by atoms with E-state index in [0.29, 0.717) is 35.0 Å². The number of carboxylic acid groups (broad SMARTS) is 1. The highest BCUT2D eigenvalue weighted by Gasteiger charge is 2.42. The van der Waals surface area contributed by atoms with Gasteiger partial charge in [-0.25, -0.2) is 9.59 Å². The standard InChI is InChI=1S/C18H17Cl3N4O3/c19-13-1-2-15(20)10(3-13)4-23-5-11-7-24(8-12(11)6-23)18(28)25-9-14(17(26)27)16(21)22-25/h1-3,9,11-12H,4-8H2,(H,26,27). The highest BCUT2D eigenvalue weighted by molar-refractivity contribution is 6.33. The summed E-state index contributed by atoms with van der Waals surface area (Å²) < 4.78 is 1.01. The van der Waals surface area contributed by atoms with Crippen molar-refractivity contribution in [2.75, 3.05) is 26.2 Å². The second kappa shape index (κ2) is 7.55. The predicted octanol–water partition coefficient (Wildman–Crippen LogP) is 3.57. The number of benzene rings is 1. The molecule has 2 unspecified atom stereocenters. The van der Waals surface area contributed by atoms with Crippen LogP contribution in [0.4, 0.5) is 4.79 Å². The number of halogens is 3. The molecule has 2 aromatic rings. The number of fused-ring (bicyclic) bond motifs is 1. The first-order valence-corrected chi connectivity index (χ1v) is 9.89. The van der Waals surface area contributed by atoms with E-state index in [9.17, 15) is 9.59 Å². The molecule has 1 aromatic carbocycles. The van der Waals surface area contributed by atoms with Gasteiger partial charge in [-0.3, -0.25) is 4.90 Å². The molecule has 10 heteroatoms. The summed E-state index contributed by atoms with van der Waals surface area (Å²) in [5.74, 6) is -0.503. The molecule has 0 saturated carbocycles. The molecule has 4 rings (SSSR count). The van der Waals surface area contributed by atoms with E-state index in [1.54, 1.807) is 17.0 Å². The van der Waals surface area contributed by atoms with Gasteiger partial charge in [0.25, 0.3) is 0 Å². The Kier molecular flexibility index (Phi) is 5.26. The first-order valence-electron chi connectivity index (χ1n) is 8.76. The molecule has 7 nitrogen and oxygen atoms in total. The van der Waals surface area contributed by atoms with Crippen LogP contribution in [0.15, 0.2) is 24.4 Å². The van der Waals surface area contributed by atoms with Gasteiger partial charge in [0, 0.05) is 42.8 Å². The van der Waals surface area contributed by atoms with Crippen molar-refractivity contribution < 1.29 is 14.7 Å². The molecule has 2 saturated heterocycles. The lowest BCUT2D eigenvalue weighted by molar-refractivity contribution is 0.0697. The van der Waals surface area contributed by atoms with Crippen molar-refractivity contribution in [1.29, 1.82) is 0 Å². The molecule has 148 valence electrons. The molecule has 2 atom stereocenters. The average Bonchev–Trinajstić information content (AvgIpc) is 3.30. The van der Waals surface area contributed by atoms with E-state index < -0.39 is 5.97 Å². The third kappa shape index (κ3) is 3.72. The van der Waals surface area contributed by atoms with E-state index in [1.165, 1.54) is 0 Å². The second-order valence-electron chi connectivity index (χ2n) is 7.22. The molecular weight excluding hydrogens is 427 g/mol. The maximum Gasteiger partial charge on any atom is 0.344 e. The number of hydrogen-bond acceptors (Lipinski definition) is 4. The number of carboxylic acids is 1. The fourth-order valence-electron chi connectivity index (χ4n) is 4.02. The highest BCUT2D eigenvalue weighted by Crippen LogP contribution is 2.33. The summed E-state index contributed by atoms with van der Waals surface area (Å²) in [6, 6.07) is 5.10. The summed E-state index contributed by atoms with van der Waals surface area (Å²) in [6.45, 7) is 3.64. The normalized spacial score (nSPS) is 21.9. The fourth-order valence-corrected chi connectivity index (χ4v) is 4.60. The zero-order valence-corrected chi connectivity index (χ0v) is 17.0. The molecule has 0 radical (unpaired) electrons. The average molecular weight is 444 g/mol. The minimum atomic E-state index is -1.21. The van der Waals surface area contributed by atoms with E-state index in [2.05, 4.69) is 10.00 Å². The Hall–Kier alpha value is -1.80. The van der Waals surface area contributed by atoms with Gasteiger partial charge in [0.05, 0.1) is 6.20 Å². The van der Waals surface area contributed by atoms with Crippen LogP contribution in [0.2, 0.25) is 15.2 Å². The van der Waals surface area contributed by atoms with Crippen LogP contribution in [0.3, 0.4) is 0 Å². The number of hydrogen-bond donors (Lipinski definition) is 1. The Balaban J connectivity index is 1.39. The first kappa shape index (κ1) is 19.5. The van der Waals surface area contributed by atoms with Gasteiger partial charge >= 0.3 is 12.0 Å². The van der Waals surface area contributed by atoms with Crippen LogP contribution < -0.4 is 0 Å². The van der Waals surface area contributed by atoms with Gasteiger partial charge in [-0.2, -0.15) is 9.78 Å². The molecule has 2 fully saturated rings. The van der Waals surface area contributed by atoms with Crippen molar-refractivity contribution in [3.63, 3.8) is 0 Å². The van der Waals surface area contributed by atoms with Crippen LogP contribution in [0.1, 0.15) is 15.9 Å². The first-order chi connectivity index (χ1) is 13.3. The summed E-state index contributed by atoms with van der Waals surface area (Å²) in [4.78, 5) is 27.8. The third-order valence-electron chi connectivity index (χ3n) is 5.33. The summed E-state index contributed by atoms with van der Waals surface area (Å²) in [6.07, 6.45) is 1.16. The van der Waals surface area contributed by atoms with Crippen LogP contribution in [-0.4, -0.2) is 62.9 Å². The second-order valence-corrected chi connectivity index (χ2v) is 8.42. The number of rotatable bonds is 3. The molecule has 1 amide bonds. The number of aromatic nitrogens is 2. The van der Waals surface area contributed by atoms with Crippen molar-refractivity contribution in [3.8, 4) is 0 Å². The molecule has 1 aromatic heterocycles. The number of carbonyl (C=O) groups is 2. The molecule has 2 aliphatic heterocycles. The molecule has 3 heterocycles. The molecule has 1 N–H and O–H groups in total.